The Morgan fingerprint density at radius 2 is 1.82 bits per heavy atom. The lowest BCUT2D eigenvalue weighted by Crippen LogP contribution is -2.11. The van der Waals surface area contributed by atoms with Crippen molar-refractivity contribution in [3.63, 3.8) is 0 Å². The summed E-state index contributed by atoms with van der Waals surface area (Å²) in [5.41, 5.74) is 6.88. The Labute approximate surface area is 236 Å². The highest BCUT2D eigenvalue weighted by atomic mass is 16.5. The summed E-state index contributed by atoms with van der Waals surface area (Å²) in [6.07, 6.45) is 2.13. The maximum absolute atomic E-state index is 12.3. The zero-order chi connectivity index (χ0) is 28.8. The van der Waals surface area contributed by atoms with Crippen LogP contribution in [0.2, 0.25) is 0 Å². The van der Waals surface area contributed by atoms with Crippen molar-refractivity contribution >= 4 is 11.6 Å². The van der Waals surface area contributed by atoms with E-state index in [0.717, 1.165) is 50.6 Å². The molecule has 0 aliphatic rings. The fraction of sp³-hybridized carbons (Fsp3) is 0.364. The zero-order valence-corrected chi connectivity index (χ0v) is 24.4. The molecule has 0 amide bonds. The third kappa shape index (κ3) is 6.28. The number of hydrogen-bond donors (Lipinski definition) is 0. The van der Waals surface area contributed by atoms with E-state index in [1.807, 2.05) is 47.1 Å². The van der Waals surface area contributed by atoms with Crippen LogP contribution >= 0.6 is 0 Å². The molecule has 40 heavy (non-hydrogen) atoms. The van der Waals surface area contributed by atoms with E-state index < -0.39 is 0 Å². The van der Waals surface area contributed by atoms with Gasteiger partial charge in [-0.1, -0.05) is 38.0 Å². The molecule has 0 radical (unpaired) electrons. The number of carbonyl (C=O) groups is 1. The molecule has 0 N–H and O–H groups in total. The van der Waals surface area contributed by atoms with Crippen molar-refractivity contribution in [2.24, 2.45) is 0 Å². The molecule has 0 fully saturated rings. The van der Waals surface area contributed by atoms with Crippen LogP contribution in [0.5, 0.6) is 11.5 Å². The topological polar surface area (TPSA) is 75.0 Å². The Morgan fingerprint density at radius 3 is 2.48 bits per heavy atom. The van der Waals surface area contributed by atoms with Gasteiger partial charge in [0.1, 0.15) is 18.1 Å². The third-order valence-electron chi connectivity index (χ3n) is 6.72. The van der Waals surface area contributed by atoms with Crippen LogP contribution in [0.3, 0.4) is 0 Å². The summed E-state index contributed by atoms with van der Waals surface area (Å²) in [6.45, 7) is 12.5. The quantitative estimate of drug-likeness (QED) is 0.163. The Morgan fingerprint density at radius 1 is 1.10 bits per heavy atom. The molecular weight excluding hydrogens is 502 g/mol. The normalized spacial score (nSPS) is 11.7. The lowest BCUT2D eigenvalue weighted by molar-refractivity contribution is -0.143. The second kappa shape index (κ2) is 12.7. The van der Waals surface area contributed by atoms with Crippen LogP contribution in [0.25, 0.3) is 16.8 Å². The molecule has 0 spiro atoms. The van der Waals surface area contributed by atoms with Crippen LogP contribution < -0.4 is 9.47 Å². The van der Waals surface area contributed by atoms with E-state index >= 15 is 0 Å². The minimum Gasteiger partial charge on any atom is -0.497 e. The lowest BCUT2D eigenvalue weighted by Gasteiger charge is -2.17. The van der Waals surface area contributed by atoms with Crippen molar-refractivity contribution < 1.29 is 19.0 Å². The average Bonchev–Trinajstić information content (AvgIpc) is 3.36. The maximum Gasteiger partial charge on any atom is 0.307 e. The Balaban J connectivity index is 1.74. The van der Waals surface area contributed by atoms with Gasteiger partial charge in [-0.3, -0.25) is 4.79 Å². The molecule has 1 unspecified atom stereocenters. The molecule has 2 aromatic carbocycles. The van der Waals surface area contributed by atoms with Crippen molar-refractivity contribution in [2.45, 2.75) is 66.4 Å². The first-order valence-electron chi connectivity index (χ1n) is 13.6. The Bertz CT molecular complexity index is 1550. The number of hydrogen-bond acceptors (Lipinski definition) is 6. The molecule has 0 saturated heterocycles. The molecule has 0 bridgehead atoms. The third-order valence-corrected chi connectivity index (χ3v) is 6.72. The summed E-state index contributed by atoms with van der Waals surface area (Å²) in [5.74, 6) is 7.97. The monoisotopic (exact) mass is 539 g/mol. The van der Waals surface area contributed by atoms with E-state index in [1.54, 1.807) is 21.0 Å². The molecule has 7 nitrogen and oxygen atoms in total. The van der Waals surface area contributed by atoms with Gasteiger partial charge in [0.25, 0.3) is 0 Å². The molecule has 2 aromatic heterocycles. The lowest BCUT2D eigenvalue weighted by atomic mass is 9.95. The van der Waals surface area contributed by atoms with Gasteiger partial charge in [-0.2, -0.15) is 5.10 Å². The van der Waals surface area contributed by atoms with Crippen molar-refractivity contribution in [3.05, 3.63) is 76.7 Å². The minimum absolute atomic E-state index is 0.165. The fourth-order valence-corrected chi connectivity index (χ4v) is 4.89. The maximum atomic E-state index is 12.3. The molecule has 4 aromatic rings. The van der Waals surface area contributed by atoms with Crippen LogP contribution in [0.15, 0.2) is 48.7 Å². The van der Waals surface area contributed by atoms with Gasteiger partial charge in [0.15, 0.2) is 11.5 Å². The Kier molecular flexibility index (Phi) is 9.11. The van der Waals surface area contributed by atoms with Crippen LogP contribution in [-0.4, -0.2) is 34.3 Å². The molecule has 208 valence electrons. The summed E-state index contributed by atoms with van der Waals surface area (Å²) in [4.78, 5) is 17.2. The summed E-state index contributed by atoms with van der Waals surface area (Å²) < 4.78 is 18.9. The molecule has 0 aliphatic heterocycles. The smallest absolute Gasteiger partial charge is 0.307 e. The van der Waals surface area contributed by atoms with E-state index in [-0.39, 0.29) is 24.2 Å². The van der Waals surface area contributed by atoms with Gasteiger partial charge in [0.2, 0.25) is 0 Å². The summed E-state index contributed by atoms with van der Waals surface area (Å²) in [6, 6.07) is 13.9. The van der Waals surface area contributed by atoms with Gasteiger partial charge in [-0.15, -0.1) is 5.92 Å². The Hall–Kier alpha value is -4.31. The van der Waals surface area contributed by atoms with E-state index in [2.05, 4.69) is 45.6 Å². The highest BCUT2D eigenvalue weighted by molar-refractivity contribution is 5.82. The fourth-order valence-electron chi connectivity index (χ4n) is 4.89. The van der Waals surface area contributed by atoms with Crippen LogP contribution in [0, 0.1) is 25.7 Å². The second-order valence-corrected chi connectivity index (χ2v) is 10.1. The van der Waals surface area contributed by atoms with Gasteiger partial charge in [0, 0.05) is 28.8 Å². The van der Waals surface area contributed by atoms with E-state index in [0.29, 0.717) is 19.0 Å². The zero-order valence-electron chi connectivity index (χ0n) is 24.4. The van der Waals surface area contributed by atoms with Crippen LogP contribution in [0.1, 0.15) is 74.0 Å². The summed E-state index contributed by atoms with van der Waals surface area (Å²) in [5, 5.41) is 4.78. The number of carbonyl (C=O) groups excluding carboxylic acids is 1. The predicted molar refractivity (Wildman–Crippen MR) is 157 cm³/mol. The molecule has 1 atom stereocenters. The molecular formula is C33H37N3O4. The number of pyridine rings is 1. The van der Waals surface area contributed by atoms with Crippen molar-refractivity contribution in [1.29, 1.82) is 0 Å². The number of rotatable bonds is 10. The molecule has 0 aliphatic carbocycles. The number of fused-ring (bicyclic) bond motifs is 1. The van der Waals surface area contributed by atoms with Crippen LogP contribution in [-0.2, 0) is 16.1 Å². The number of para-hydroxylation sites is 1. The average molecular weight is 540 g/mol. The van der Waals surface area contributed by atoms with Gasteiger partial charge < -0.3 is 14.2 Å². The molecule has 0 saturated carbocycles. The van der Waals surface area contributed by atoms with Gasteiger partial charge in [-0.05, 0) is 68.7 Å². The minimum atomic E-state index is -0.327. The first-order chi connectivity index (χ1) is 19.2. The number of esters is 1. The second-order valence-electron chi connectivity index (χ2n) is 10.1. The summed E-state index contributed by atoms with van der Waals surface area (Å²) in [7, 11) is 1.68. The number of aromatic nitrogens is 3. The predicted octanol–water partition coefficient (Wildman–Crippen LogP) is 6.78. The number of methoxy groups -OCH3 is 1. The standard InChI is InChI=1S/C33H37N3O4/c1-8-12-25(18-30(37)39-9-2)27-13-10-11-14-29(27)40-20-24-17-28(31-22(5)15-26(38-7)16-23(31)6)33-34-32(21(3)4)35-36(33)19-24/h10-11,13-17,19,21,25H,9,18,20H2,1-7H3. The number of nitrogens with zero attached hydrogens (tertiary/aromatic N) is 3. The number of ether oxygens (including phenoxy) is 3. The molecule has 4 rings (SSSR count). The van der Waals surface area contributed by atoms with Crippen molar-refractivity contribution in [1.82, 2.24) is 14.6 Å². The highest BCUT2D eigenvalue weighted by Gasteiger charge is 2.20. The molecule has 2 heterocycles. The highest BCUT2D eigenvalue weighted by Crippen LogP contribution is 2.35. The van der Waals surface area contributed by atoms with Crippen molar-refractivity contribution in [2.75, 3.05) is 13.7 Å². The summed E-state index contributed by atoms with van der Waals surface area (Å²) >= 11 is 0. The van der Waals surface area contributed by atoms with Gasteiger partial charge >= 0.3 is 5.97 Å². The first-order valence-corrected chi connectivity index (χ1v) is 13.6. The van der Waals surface area contributed by atoms with Crippen molar-refractivity contribution in [3.8, 4) is 34.5 Å². The van der Waals surface area contributed by atoms with Gasteiger partial charge in [-0.25, -0.2) is 9.50 Å². The van der Waals surface area contributed by atoms with E-state index in [4.69, 9.17) is 24.3 Å². The SMILES string of the molecule is CC#CC(CC(=O)OCC)c1ccccc1OCc1cc(-c2c(C)cc(OC)cc2C)c2nc(C(C)C)nn2c1. The number of aryl methyl sites for hydroxylation is 2. The van der Waals surface area contributed by atoms with E-state index in [1.165, 1.54) is 0 Å². The van der Waals surface area contributed by atoms with E-state index in [9.17, 15) is 4.79 Å². The molecule has 7 heteroatoms. The number of benzene rings is 2. The first kappa shape index (κ1) is 28.7. The largest absolute Gasteiger partial charge is 0.497 e. The van der Waals surface area contributed by atoms with Crippen LogP contribution in [0.4, 0.5) is 0 Å². The van der Waals surface area contributed by atoms with Gasteiger partial charge in [0.05, 0.1) is 26.1 Å².